The molecule has 0 atom stereocenters. The van der Waals surface area contributed by atoms with E-state index in [0.29, 0.717) is 6.42 Å². The Kier molecular flexibility index (Phi) is 2.44. The molecule has 0 N–H and O–H groups in total. The van der Waals surface area contributed by atoms with Gasteiger partial charge in [0.15, 0.2) is 0 Å². The van der Waals surface area contributed by atoms with Crippen LogP contribution in [0.15, 0.2) is 22.7 Å². The van der Waals surface area contributed by atoms with Crippen molar-refractivity contribution in [3.8, 4) is 0 Å². The first-order valence-electron chi connectivity index (χ1n) is 2.66. The van der Waals surface area contributed by atoms with E-state index < -0.39 is 13.0 Å². The SMILES string of the molecule is O=[C]=[Fe](=[C]=O)[C]1=CC=CC1. The van der Waals surface area contributed by atoms with Crippen LogP contribution in [0, 0.1) is 0 Å². The van der Waals surface area contributed by atoms with Crippen molar-refractivity contribution in [2.75, 3.05) is 0 Å². The quantitative estimate of drug-likeness (QED) is 0.549. The maximum absolute atomic E-state index is 10.1. The second-order valence-corrected chi connectivity index (χ2v) is 3.63. The molecule has 0 bridgehead atoms. The fourth-order valence-corrected chi connectivity index (χ4v) is 1.64. The van der Waals surface area contributed by atoms with Crippen molar-refractivity contribution in [3.05, 3.63) is 22.7 Å². The second-order valence-electron chi connectivity index (χ2n) is 1.64. The van der Waals surface area contributed by atoms with Gasteiger partial charge in [-0.2, -0.15) is 0 Å². The van der Waals surface area contributed by atoms with Gasteiger partial charge < -0.3 is 0 Å². The van der Waals surface area contributed by atoms with Crippen molar-refractivity contribution in [2.24, 2.45) is 0 Å². The standard InChI is InChI=1S/C5H5.2CO.Fe/c1-2-4-5-3-1;2*1-2;/h1-3H,4H2;;;. The number of hydrogen-bond acceptors (Lipinski definition) is 2. The normalized spacial score (nSPS) is 14.7. The van der Waals surface area contributed by atoms with Crippen molar-refractivity contribution >= 4 is 9.57 Å². The Hall–Kier alpha value is -0.841. The van der Waals surface area contributed by atoms with Gasteiger partial charge in [0.1, 0.15) is 0 Å². The Morgan fingerprint density at radius 2 is 2.10 bits per heavy atom. The zero-order valence-electron chi connectivity index (χ0n) is 5.11. The van der Waals surface area contributed by atoms with Crippen LogP contribution in [0.2, 0.25) is 0 Å². The van der Waals surface area contributed by atoms with Crippen LogP contribution in [0.1, 0.15) is 6.42 Å². The molecule has 0 unspecified atom stereocenters. The summed E-state index contributed by atoms with van der Waals surface area (Å²) in [6.07, 6.45) is 6.24. The fourth-order valence-electron chi connectivity index (χ4n) is 0.654. The molecule has 0 saturated carbocycles. The van der Waals surface area contributed by atoms with Crippen molar-refractivity contribution in [1.82, 2.24) is 0 Å². The van der Waals surface area contributed by atoms with Gasteiger partial charge in [0.05, 0.1) is 0 Å². The molecule has 0 amide bonds. The number of rotatable bonds is 1. The summed E-state index contributed by atoms with van der Waals surface area (Å²) in [5.74, 6) is 0. The summed E-state index contributed by atoms with van der Waals surface area (Å²) in [5.41, 5.74) is 0. The van der Waals surface area contributed by atoms with Gasteiger partial charge in [0.25, 0.3) is 0 Å². The fraction of sp³-hybridized carbons (Fsp3) is 0.143. The van der Waals surface area contributed by atoms with Gasteiger partial charge >= 0.3 is 61.3 Å². The molecule has 1 rings (SSSR count). The summed E-state index contributed by atoms with van der Waals surface area (Å²) in [6, 6.07) is 0. The van der Waals surface area contributed by atoms with E-state index in [1.54, 1.807) is 15.6 Å². The summed E-state index contributed by atoms with van der Waals surface area (Å²) < 4.78 is 0.866. The van der Waals surface area contributed by atoms with E-state index in [2.05, 4.69) is 0 Å². The summed E-state index contributed by atoms with van der Waals surface area (Å²) in [4.78, 5) is 23.6. The summed E-state index contributed by atoms with van der Waals surface area (Å²) >= 11 is -1.54. The third kappa shape index (κ3) is 1.35. The Morgan fingerprint density at radius 1 is 1.40 bits per heavy atom. The first-order valence-corrected chi connectivity index (χ1v) is 4.31. The van der Waals surface area contributed by atoms with Crippen molar-refractivity contribution in [1.29, 1.82) is 0 Å². The zero-order valence-corrected chi connectivity index (χ0v) is 6.21. The molecule has 0 aromatic carbocycles. The number of allylic oxidation sites excluding steroid dienone is 4. The molecule has 0 aliphatic heterocycles. The van der Waals surface area contributed by atoms with Crippen LogP contribution in [0.3, 0.4) is 0 Å². The van der Waals surface area contributed by atoms with Gasteiger partial charge in [-0.15, -0.1) is 0 Å². The molecular formula is C7H5FeO2. The summed E-state index contributed by atoms with van der Waals surface area (Å²) in [6.45, 7) is 0. The Morgan fingerprint density at radius 3 is 2.50 bits per heavy atom. The van der Waals surface area contributed by atoms with E-state index in [4.69, 9.17) is 0 Å². The van der Waals surface area contributed by atoms with E-state index in [-0.39, 0.29) is 0 Å². The van der Waals surface area contributed by atoms with E-state index in [0.717, 1.165) is 4.47 Å². The van der Waals surface area contributed by atoms with Gasteiger partial charge in [-0.05, 0) is 0 Å². The Balaban J connectivity index is 3.09. The predicted octanol–water partition coefficient (Wildman–Crippen LogP) is 0.583. The van der Waals surface area contributed by atoms with E-state index in [9.17, 15) is 9.59 Å². The zero-order chi connectivity index (χ0) is 7.40. The molecule has 0 radical (unpaired) electrons. The van der Waals surface area contributed by atoms with E-state index in [1.807, 2.05) is 12.2 Å². The molecule has 2 nitrogen and oxygen atoms in total. The monoisotopic (exact) mass is 177 g/mol. The molecule has 0 fully saturated rings. The number of hydrogen-bond donors (Lipinski definition) is 0. The van der Waals surface area contributed by atoms with Gasteiger partial charge in [-0.1, -0.05) is 0 Å². The molecule has 0 aromatic rings. The van der Waals surface area contributed by atoms with Gasteiger partial charge in [-0.3, -0.25) is 0 Å². The van der Waals surface area contributed by atoms with Crippen LogP contribution in [-0.2, 0) is 22.6 Å². The molecule has 1 aliphatic carbocycles. The molecule has 0 saturated heterocycles. The molecule has 10 heavy (non-hydrogen) atoms. The second kappa shape index (κ2) is 3.36. The van der Waals surface area contributed by atoms with Gasteiger partial charge in [0, 0.05) is 0 Å². The molecule has 0 spiro atoms. The first kappa shape index (κ1) is 7.27. The van der Waals surface area contributed by atoms with Gasteiger partial charge in [0.2, 0.25) is 0 Å². The molecular weight excluding hydrogens is 172 g/mol. The third-order valence-corrected chi connectivity index (χ3v) is 2.66. The van der Waals surface area contributed by atoms with Crippen LogP contribution in [0.4, 0.5) is 0 Å². The molecule has 1 aliphatic rings. The van der Waals surface area contributed by atoms with Crippen molar-refractivity contribution in [3.63, 3.8) is 0 Å². The van der Waals surface area contributed by atoms with Gasteiger partial charge in [-0.25, -0.2) is 0 Å². The minimum absolute atomic E-state index is 0.713. The Labute approximate surface area is 61.8 Å². The summed E-state index contributed by atoms with van der Waals surface area (Å²) in [5, 5.41) is 0. The van der Waals surface area contributed by atoms with Crippen LogP contribution in [-0.4, -0.2) is 9.57 Å². The third-order valence-electron chi connectivity index (χ3n) is 1.09. The minimum atomic E-state index is -1.54. The number of carbonyl (C=O) groups excluding carboxylic acids is 2. The first-order chi connectivity index (χ1) is 4.88. The van der Waals surface area contributed by atoms with E-state index >= 15 is 0 Å². The molecule has 53 valence electrons. The van der Waals surface area contributed by atoms with Crippen LogP contribution in [0.5, 0.6) is 0 Å². The summed E-state index contributed by atoms with van der Waals surface area (Å²) in [7, 11) is 0. The van der Waals surface area contributed by atoms with Crippen molar-refractivity contribution in [2.45, 2.75) is 6.42 Å². The average molecular weight is 177 g/mol. The maximum atomic E-state index is 10.1. The molecule has 0 aromatic heterocycles. The van der Waals surface area contributed by atoms with E-state index in [1.165, 1.54) is 0 Å². The topological polar surface area (TPSA) is 34.1 Å². The molecule has 0 heterocycles. The Bertz CT molecular complexity index is 304. The average Bonchev–Trinajstić information content (AvgIpc) is 2.43. The predicted molar refractivity (Wildman–Crippen MR) is 33.2 cm³/mol. The van der Waals surface area contributed by atoms with Crippen LogP contribution < -0.4 is 0 Å². The van der Waals surface area contributed by atoms with Crippen LogP contribution in [0.25, 0.3) is 0 Å². The van der Waals surface area contributed by atoms with Crippen molar-refractivity contribution < 1.29 is 22.6 Å². The van der Waals surface area contributed by atoms with Crippen LogP contribution >= 0.6 is 0 Å². The molecule has 3 heteroatoms.